The van der Waals surface area contributed by atoms with E-state index in [2.05, 4.69) is 5.32 Å². The fraction of sp³-hybridized carbons (Fsp3) is 0.167. The number of anilines is 2. The molecule has 1 N–H and O–H groups in total. The molecule has 5 nitrogen and oxygen atoms in total. The molecule has 0 aliphatic carbocycles. The monoisotopic (exact) mass is 418 g/mol. The molecule has 0 saturated carbocycles. The molecule has 152 valence electrons. The van der Waals surface area contributed by atoms with E-state index in [1.165, 1.54) is 0 Å². The van der Waals surface area contributed by atoms with Gasteiger partial charge in [-0.05, 0) is 55.0 Å². The minimum Gasteiger partial charge on any atom is -0.497 e. The Morgan fingerprint density at radius 3 is 2.60 bits per heavy atom. The van der Waals surface area contributed by atoms with Crippen LogP contribution in [-0.4, -0.2) is 24.7 Å². The van der Waals surface area contributed by atoms with Gasteiger partial charge in [-0.3, -0.25) is 14.5 Å². The van der Waals surface area contributed by atoms with Gasteiger partial charge in [-0.1, -0.05) is 35.9 Å². The van der Waals surface area contributed by atoms with Gasteiger partial charge < -0.3 is 10.1 Å². The van der Waals surface area contributed by atoms with Crippen LogP contribution < -0.4 is 15.0 Å². The highest BCUT2D eigenvalue weighted by atomic mass is 32.2. The molecule has 0 radical (unpaired) electrons. The number of carbonyl (C=O) groups excluding carboxylic acids is 2. The molecule has 1 unspecified atom stereocenters. The van der Waals surface area contributed by atoms with E-state index in [4.69, 9.17) is 4.74 Å². The van der Waals surface area contributed by atoms with Crippen LogP contribution in [0, 0.1) is 6.92 Å². The third kappa shape index (κ3) is 4.19. The van der Waals surface area contributed by atoms with Crippen molar-refractivity contribution in [3.63, 3.8) is 0 Å². The second-order valence-electron chi connectivity index (χ2n) is 7.07. The summed E-state index contributed by atoms with van der Waals surface area (Å²) in [6.07, 6.45) is 0. The lowest BCUT2D eigenvalue weighted by Crippen LogP contribution is -2.27. The Kier molecular flexibility index (Phi) is 5.77. The normalized spacial score (nSPS) is 15.9. The largest absolute Gasteiger partial charge is 0.497 e. The van der Waals surface area contributed by atoms with E-state index in [-0.39, 0.29) is 17.2 Å². The van der Waals surface area contributed by atoms with Gasteiger partial charge in [0.25, 0.3) is 5.91 Å². The molecule has 1 heterocycles. The number of thioether (sulfide) groups is 1. The topological polar surface area (TPSA) is 58.6 Å². The summed E-state index contributed by atoms with van der Waals surface area (Å²) in [5.41, 5.74) is 4.20. The minimum atomic E-state index is -0.211. The molecule has 0 aromatic heterocycles. The van der Waals surface area contributed by atoms with E-state index in [1.54, 1.807) is 43.1 Å². The number of carbonyl (C=O) groups is 2. The van der Waals surface area contributed by atoms with Crippen LogP contribution in [0.5, 0.6) is 5.75 Å². The molecule has 1 aliphatic heterocycles. The van der Waals surface area contributed by atoms with Crippen molar-refractivity contribution in [3.8, 4) is 5.75 Å². The third-order valence-electron chi connectivity index (χ3n) is 4.94. The highest BCUT2D eigenvalue weighted by molar-refractivity contribution is 8.00. The molecular formula is C24H22N2O3S. The van der Waals surface area contributed by atoms with Crippen LogP contribution in [0.2, 0.25) is 0 Å². The van der Waals surface area contributed by atoms with Crippen molar-refractivity contribution in [1.82, 2.24) is 0 Å². The van der Waals surface area contributed by atoms with Crippen LogP contribution in [0.25, 0.3) is 0 Å². The number of ether oxygens (including phenoxy) is 1. The van der Waals surface area contributed by atoms with E-state index < -0.39 is 0 Å². The Morgan fingerprint density at radius 1 is 1.07 bits per heavy atom. The lowest BCUT2D eigenvalue weighted by molar-refractivity contribution is -0.115. The first-order valence-electron chi connectivity index (χ1n) is 9.61. The van der Waals surface area contributed by atoms with Gasteiger partial charge in [-0.2, -0.15) is 0 Å². The van der Waals surface area contributed by atoms with Crippen LogP contribution in [-0.2, 0) is 4.79 Å². The SMILES string of the molecule is COc1cccc(C(=O)Nc2cccc(C3SCC(=O)N3c3ccc(C)cc3)c2)c1. The number of hydrogen-bond acceptors (Lipinski definition) is 4. The zero-order valence-corrected chi connectivity index (χ0v) is 17.6. The second-order valence-corrected chi connectivity index (χ2v) is 8.14. The molecule has 3 aromatic carbocycles. The molecule has 1 saturated heterocycles. The van der Waals surface area contributed by atoms with Gasteiger partial charge in [-0.25, -0.2) is 0 Å². The van der Waals surface area contributed by atoms with Crippen molar-refractivity contribution in [3.05, 3.63) is 89.5 Å². The number of methoxy groups -OCH3 is 1. The Bertz CT molecular complexity index is 1080. The first kappa shape index (κ1) is 20.0. The van der Waals surface area contributed by atoms with E-state index in [0.29, 0.717) is 22.8 Å². The highest BCUT2D eigenvalue weighted by Gasteiger charge is 2.34. The fourth-order valence-electron chi connectivity index (χ4n) is 3.39. The lowest BCUT2D eigenvalue weighted by Gasteiger charge is -2.25. The zero-order chi connectivity index (χ0) is 21.1. The summed E-state index contributed by atoms with van der Waals surface area (Å²) in [5, 5.41) is 2.81. The molecule has 4 rings (SSSR count). The van der Waals surface area contributed by atoms with Crippen molar-refractivity contribution in [2.24, 2.45) is 0 Å². The Hall–Kier alpha value is -3.25. The van der Waals surface area contributed by atoms with Gasteiger partial charge in [0.1, 0.15) is 11.1 Å². The minimum absolute atomic E-state index is 0.0830. The molecule has 3 aromatic rings. The average molecular weight is 419 g/mol. The summed E-state index contributed by atoms with van der Waals surface area (Å²) in [6, 6.07) is 22.6. The number of nitrogens with zero attached hydrogens (tertiary/aromatic N) is 1. The van der Waals surface area contributed by atoms with E-state index in [1.807, 2.05) is 60.4 Å². The van der Waals surface area contributed by atoms with E-state index >= 15 is 0 Å². The molecule has 30 heavy (non-hydrogen) atoms. The van der Waals surface area contributed by atoms with Gasteiger partial charge in [0, 0.05) is 16.9 Å². The highest BCUT2D eigenvalue weighted by Crippen LogP contribution is 2.42. The first-order chi connectivity index (χ1) is 14.5. The molecule has 6 heteroatoms. The molecular weight excluding hydrogens is 396 g/mol. The van der Waals surface area contributed by atoms with Crippen LogP contribution in [0.1, 0.15) is 26.9 Å². The van der Waals surface area contributed by atoms with Crippen molar-refractivity contribution >= 4 is 35.0 Å². The summed E-state index contributed by atoms with van der Waals surface area (Å²) in [4.78, 5) is 27.0. The number of rotatable bonds is 5. The molecule has 1 atom stereocenters. The first-order valence-corrected chi connectivity index (χ1v) is 10.7. The number of benzene rings is 3. The van der Waals surface area contributed by atoms with Crippen LogP contribution in [0.4, 0.5) is 11.4 Å². The lowest BCUT2D eigenvalue weighted by atomic mass is 10.1. The third-order valence-corrected chi connectivity index (χ3v) is 6.15. The molecule has 1 aliphatic rings. The zero-order valence-electron chi connectivity index (χ0n) is 16.8. The molecule has 0 spiro atoms. The summed E-state index contributed by atoms with van der Waals surface area (Å²) >= 11 is 1.59. The Morgan fingerprint density at radius 2 is 1.83 bits per heavy atom. The maximum Gasteiger partial charge on any atom is 0.255 e. The summed E-state index contributed by atoms with van der Waals surface area (Å²) in [5.74, 6) is 0.932. The predicted molar refractivity (Wildman–Crippen MR) is 121 cm³/mol. The summed E-state index contributed by atoms with van der Waals surface area (Å²) in [7, 11) is 1.57. The molecule has 0 bridgehead atoms. The van der Waals surface area contributed by atoms with Crippen LogP contribution in [0.3, 0.4) is 0 Å². The van der Waals surface area contributed by atoms with Gasteiger partial charge in [0.05, 0.1) is 12.9 Å². The van der Waals surface area contributed by atoms with E-state index in [0.717, 1.165) is 16.8 Å². The fourth-order valence-corrected chi connectivity index (χ4v) is 4.56. The van der Waals surface area contributed by atoms with Gasteiger partial charge in [0.2, 0.25) is 5.91 Å². The van der Waals surface area contributed by atoms with E-state index in [9.17, 15) is 9.59 Å². The quantitative estimate of drug-likeness (QED) is 0.631. The number of nitrogens with one attached hydrogen (secondary N) is 1. The van der Waals surface area contributed by atoms with Crippen molar-refractivity contribution < 1.29 is 14.3 Å². The Balaban J connectivity index is 1.57. The number of amides is 2. The number of aryl methyl sites for hydroxylation is 1. The standard InChI is InChI=1S/C24H22N2O3S/c1-16-9-11-20(12-10-16)26-22(27)15-30-24(26)18-6-3-7-19(13-18)25-23(28)17-5-4-8-21(14-17)29-2/h3-14,24H,15H2,1-2H3,(H,25,28). The van der Waals surface area contributed by atoms with Crippen molar-refractivity contribution in [1.29, 1.82) is 0 Å². The van der Waals surface area contributed by atoms with Crippen LogP contribution in [0.15, 0.2) is 72.8 Å². The summed E-state index contributed by atoms with van der Waals surface area (Å²) in [6.45, 7) is 2.02. The average Bonchev–Trinajstić information content (AvgIpc) is 3.16. The van der Waals surface area contributed by atoms with Gasteiger partial charge in [-0.15, -0.1) is 11.8 Å². The maximum atomic E-state index is 12.6. The summed E-state index contributed by atoms with van der Waals surface area (Å²) < 4.78 is 5.19. The molecule has 2 amide bonds. The van der Waals surface area contributed by atoms with Gasteiger partial charge in [0.15, 0.2) is 0 Å². The maximum absolute atomic E-state index is 12.6. The Labute approximate surface area is 180 Å². The second kappa shape index (κ2) is 8.63. The number of hydrogen-bond donors (Lipinski definition) is 1. The predicted octanol–water partition coefficient (Wildman–Crippen LogP) is 5.03. The van der Waals surface area contributed by atoms with Crippen molar-refractivity contribution in [2.45, 2.75) is 12.3 Å². The van der Waals surface area contributed by atoms with Gasteiger partial charge >= 0.3 is 0 Å². The smallest absolute Gasteiger partial charge is 0.255 e. The molecule has 1 fully saturated rings. The van der Waals surface area contributed by atoms with Crippen molar-refractivity contribution in [2.75, 3.05) is 23.1 Å². The van der Waals surface area contributed by atoms with Crippen LogP contribution >= 0.6 is 11.8 Å².